The highest BCUT2D eigenvalue weighted by Gasteiger charge is 1.97. The van der Waals surface area contributed by atoms with Gasteiger partial charge in [-0.05, 0) is 12.8 Å². The Hall–Kier alpha value is -0.890. The molecule has 0 amide bonds. The van der Waals surface area contributed by atoms with E-state index in [-0.39, 0.29) is 5.82 Å². The van der Waals surface area contributed by atoms with Crippen LogP contribution < -0.4 is 0 Å². The number of aryl methyl sites for hydroxylation is 1. The van der Waals surface area contributed by atoms with Crippen LogP contribution in [0.4, 0.5) is 0 Å². The first kappa shape index (κ1) is 9.20. The van der Waals surface area contributed by atoms with E-state index in [1.807, 2.05) is 6.07 Å². The van der Waals surface area contributed by atoms with Crippen LogP contribution >= 0.6 is 15.9 Å². The maximum absolute atomic E-state index is 8.43. The molecule has 0 aliphatic carbocycles. The third-order valence-electron chi connectivity index (χ3n) is 1.41. The first-order valence-corrected chi connectivity index (χ1v) is 4.84. The third-order valence-corrected chi connectivity index (χ3v) is 1.97. The Morgan fingerprint density at radius 3 is 3.00 bits per heavy atom. The summed E-state index contributed by atoms with van der Waals surface area (Å²) in [7, 11) is 0. The Bertz CT molecular complexity index is 275. The lowest BCUT2D eigenvalue weighted by atomic mass is 10.3. The maximum atomic E-state index is 8.43. The highest BCUT2D eigenvalue weighted by molar-refractivity contribution is 9.09. The second-order valence-corrected chi connectivity index (χ2v) is 3.13. The molecular formula is C7H9BrN4. The molecule has 0 fully saturated rings. The third kappa shape index (κ3) is 2.62. The van der Waals surface area contributed by atoms with Gasteiger partial charge >= 0.3 is 0 Å². The molecule has 0 spiro atoms. The summed E-state index contributed by atoms with van der Waals surface area (Å²) in [6.45, 7) is 0.834. The number of nitrogens with zero attached hydrogens (tertiary/aromatic N) is 4. The number of alkyl halides is 1. The highest BCUT2D eigenvalue weighted by Crippen LogP contribution is 1.97. The Morgan fingerprint density at radius 1 is 1.58 bits per heavy atom. The van der Waals surface area contributed by atoms with Gasteiger partial charge in [0.2, 0.25) is 0 Å². The molecule has 1 heterocycles. The molecule has 4 nitrogen and oxygen atoms in total. The summed E-state index contributed by atoms with van der Waals surface area (Å²) in [5.74, 6) is 0.244. The van der Waals surface area contributed by atoms with Crippen molar-refractivity contribution >= 4 is 15.9 Å². The van der Waals surface area contributed by atoms with E-state index >= 15 is 0 Å². The van der Waals surface area contributed by atoms with Gasteiger partial charge in [-0.3, -0.25) is 4.68 Å². The number of unbranched alkanes of at least 4 members (excludes halogenated alkanes) is 1. The van der Waals surface area contributed by atoms with Crippen LogP contribution in [0.3, 0.4) is 0 Å². The molecule has 0 N–H and O–H groups in total. The first-order chi connectivity index (χ1) is 5.86. The summed E-state index contributed by atoms with van der Waals surface area (Å²) >= 11 is 3.34. The lowest BCUT2D eigenvalue weighted by Crippen LogP contribution is -1.98. The van der Waals surface area contributed by atoms with E-state index < -0.39 is 0 Å². The predicted molar refractivity (Wildman–Crippen MR) is 47.8 cm³/mol. The van der Waals surface area contributed by atoms with Crippen molar-refractivity contribution in [2.75, 3.05) is 5.33 Å². The number of aromatic nitrogens is 3. The second-order valence-electron chi connectivity index (χ2n) is 2.34. The lowest BCUT2D eigenvalue weighted by molar-refractivity contribution is 0.572. The summed E-state index contributed by atoms with van der Waals surface area (Å²) in [5, 5.41) is 13.4. The Morgan fingerprint density at radius 2 is 2.42 bits per heavy atom. The molecule has 0 atom stereocenters. The van der Waals surface area contributed by atoms with Gasteiger partial charge in [-0.2, -0.15) is 5.26 Å². The average Bonchev–Trinajstić information content (AvgIpc) is 2.53. The Kier molecular flexibility index (Phi) is 3.74. The minimum atomic E-state index is 0.244. The van der Waals surface area contributed by atoms with Gasteiger partial charge in [0.25, 0.3) is 5.82 Å². The van der Waals surface area contributed by atoms with Gasteiger partial charge in [0.15, 0.2) is 0 Å². The zero-order valence-corrected chi connectivity index (χ0v) is 8.16. The summed E-state index contributed by atoms with van der Waals surface area (Å²) in [6.07, 6.45) is 3.76. The molecule has 0 saturated heterocycles. The molecule has 5 heteroatoms. The molecule has 0 aliphatic heterocycles. The number of rotatable bonds is 4. The number of hydrogen-bond donors (Lipinski definition) is 0. The summed E-state index contributed by atoms with van der Waals surface area (Å²) in [4.78, 5) is 3.79. The van der Waals surface area contributed by atoms with Gasteiger partial charge in [-0.25, -0.2) is 4.98 Å². The minimum Gasteiger partial charge on any atom is -0.252 e. The van der Waals surface area contributed by atoms with Gasteiger partial charge in [0.1, 0.15) is 12.4 Å². The molecule has 0 aliphatic rings. The molecule has 1 aromatic rings. The molecule has 1 rings (SSSR count). The fourth-order valence-corrected chi connectivity index (χ4v) is 1.22. The zero-order chi connectivity index (χ0) is 8.81. The topological polar surface area (TPSA) is 54.5 Å². The van der Waals surface area contributed by atoms with E-state index in [4.69, 9.17) is 5.26 Å². The highest BCUT2D eigenvalue weighted by atomic mass is 79.9. The summed E-state index contributed by atoms with van der Waals surface area (Å²) < 4.78 is 1.70. The van der Waals surface area contributed by atoms with Crippen LogP contribution in [-0.4, -0.2) is 20.1 Å². The molecule has 1 aromatic heterocycles. The van der Waals surface area contributed by atoms with Crippen molar-refractivity contribution in [2.45, 2.75) is 19.4 Å². The van der Waals surface area contributed by atoms with Crippen LogP contribution in [0.5, 0.6) is 0 Å². The van der Waals surface area contributed by atoms with Crippen molar-refractivity contribution < 1.29 is 0 Å². The van der Waals surface area contributed by atoms with E-state index in [2.05, 4.69) is 26.0 Å². The Labute approximate surface area is 79.3 Å². The first-order valence-electron chi connectivity index (χ1n) is 3.72. The van der Waals surface area contributed by atoms with E-state index in [1.54, 1.807) is 11.0 Å². The largest absolute Gasteiger partial charge is 0.252 e. The van der Waals surface area contributed by atoms with Crippen LogP contribution in [0.25, 0.3) is 0 Å². The maximum Gasteiger partial charge on any atom is 0.252 e. The zero-order valence-electron chi connectivity index (χ0n) is 6.57. The average molecular weight is 229 g/mol. The lowest BCUT2D eigenvalue weighted by Gasteiger charge is -1.96. The molecule has 64 valence electrons. The van der Waals surface area contributed by atoms with Crippen molar-refractivity contribution in [3.05, 3.63) is 12.2 Å². The van der Waals surface area contributed by atoms with E-state index in [0.29, 0.717) is 0 Å². The van der Waals surface area contributed by atoms with Gasteiger partial charge < -0.3 is 0 Å². The molecule has 0 bridgehead atoms. The monoisotopic (exact) mass is 228 g/mol. The molecule has 0 radical (unpaired) electrons. The summed E-state index contributed by atoms with van der Waals surface area (Å²) in [5.41, 5.74) is 0. The molecule has 0 aromatic carbocycles. The minimum absolute atomic E-state index is 0.244. The molecule has 0 unspecified atom stereocenters. The number of hydrogen-bond acceptors (Lipinski definition) is 3. The van der Waals surface area contributed by atoms with Crippen LogP contribution in [0, 0.1) is 11.3 Å². The standard InChI is InChI=1S/C7H9BrN4/c8-3-1-2-4-12-6-10-7(5-9)11-12/h6H,1-4H2. The van der Waals surface area contributed by atoms with E-state index in [9.17, 15) is 0 Å². The van der Waals surface area contributed by atoms with Crippen molar-refractivity contribution in [3.8, 4) is 6.07 Å². The molecule has 12 heavy (non-hydrogen) atoms. The predicted octanol–water partition coefficient (Wildman–Crippen LogP) is 1.32. The van der Waals surface area contributed by atoms with Gasteiger partial charge in [-0.1, -0.05) is 15.9 Å². The van der Waals surface area contributed by atoms with Crippen LogP contribution in [-0.2, 0) is 6.54 Å². The van der Waals surface area contributed by atoms with Crippen LogP contribution in [0.2, 0.25) is 0 Å². The Balaban J connectivity index is 2.38. The fourth-order valence-electron chi connectivity index (χ4n) is 0.822. The van der Waals surface area contributed by atoms with E-state index in [1.165, 1.54) is 0 Å². The smallest absolute Gasteiger partial charge is 0.252 e. The van der Waals surface area contributed by atoms with Gasteiger partial charge in [-0.15, -0.1) is 5.10 Å². The van der Waals surface area contributed by atoms with Crippen molar-refractivity contribution in [1.82, 2.24) is 14.8 Å². The van der Waals surface area contributed by atoms with Crippen molar-refractivity contribution in [1.29, 1.82) is 5.26 Å². The fraction of sp³-hybridized carbons (Fsp3) is 0.571. The van der Waals surface area contributed by atoms with Gasteiger partial charge in [0, 0.05) is 11.9 Å². The molecule has 0 saturated carbocycles. The van der Waals surface area contributed by atoms with Gasteiger partial charge in [0.05, 0.1) is 0 Å². The van der Waals surface area contributed by atoms with Crippen LogP contribution in [0.15, 0.2) is 6.33 Å². The van der Waals surface area contributed by atoms with Crippen molar-refractivity contribution in [2.24, 2.45) is 0 Å². The number of nitriles is 1. The quantitative estimate of drug-likeness (QED) is 0.578. The summed E-state index contributed by atoms with van der Waals surface area (Å²) in [6, 6.07) is 1.89. The normalized spacial score (nSPS) is 9.67. The molecular weight excluding hydrogens is 220 g/mol. The van der Waals surface area contributed by atoms with E-state index in [0.717, 1.165) is 24.7 Å². The second kappa shape index (κ2) is 4.88. The van der Waals surface area contributed by atoms with Crippen molar-refractivity contribution in [3.63, 3.8) is 0 Å². The van der Waals surface area contributed by atoms with Crippen LogP contribution in [0.1, 0.15) is 18.7 Å². The number of halogens is 1. The SMILES string of the molecule is N#Cc1ncn(CCCCBr)n1.